The first-order chi connectivity index (χ1) is 12.6. The van der Waals surface area contributed by atoms with Crippen molar-refractivity contribution in [1.82, 2.24) is 8.25 Å². The number of carbonyl (C=O) groups excluding carboxylic acids is 1. The van der Waals surface area contributed by atoms with E-state index < -0.39 is 41.9 Å². The molecule has 158 valence electrons. The molecule has 0 saturated heterocycles. The van der Waals surface area contributed by atoms with E-state index in [1.165, 1.54) is 3.92 Å². The quantitative estimate of drug-likeness (QED) is 0.114. The molecule has 1 amide bonds. The van der Waals surface area contributed by atoms with Crippen LogP contribution in [0.15, 0.2) is 0 Å². The van der Waals surface area contributed by atoms with Gasteiger partial charge in [-0.3, -0.25) is 0 Å². The number of carboxylic acids is 3. The van der Waals surface area contributed by atoms with E-state index in [-0.39, 0.29) is 48.9 Å². The summed E-state index contributed by atoms with van der Waals surface area (Å²) in [4.78, 5) is 43.4. The van der Waals surface area contributed by atoms with Crippen molar-refractivity contribution in [2.45, 2.75) is 42.6 Å². The maximum absolute atomic E-state index is 11.8. The van der Waals surface area contributed by atoms with Crippen molar-refractivity contribution in [2.75, 3.05) is 11.5 Å². The number of carbonyl (C=O) groups is 4. The van der Waals surface area contributed by atoms with Crippen molar-refractivity contribution >= 4 is 79.4 Å². The number of nitrogens with zero attached hydrogens (tertiary/aromatic N) is 1. The molecule has 0 spiro atoms. The zero-order chi connectivity index (χ0) is 21.6. The first-order valence-corrected chi connectivity index (χ1v) is 13.7. The fourth-order valence-corrected chi connectivity index (χ4v) is 5.05. The van der Waals surface area contributed by atoms with Gasteiger partial charge < -0.3 is 0 Å². The van der Waals surface area contributed by atoms with Crippen molar-refractivity contribution in [3.63, 3.8) is 0 Å². The Morgan fingerprint density at radius 3 is 1.85 bits per heavy atom. The predicted molar refractivity (Wildman–Crippen MR) is 109 cm³/mol. The predicted octanol–water partition coefficient (Wildman–Crippen LogP) is -1.32. The van der Waals surface area contributed by atoms with Crippen LogP contribution in [0, 0.1) is 0 Å². The molecule has 0 aromatic carbocycles. The van der Waals surface area contributed by atoms with Crippen LogP contribution in [0.1, 0.15) is 12.8 Å². The molecule has 0 bridgehead atoms. The van der Waals surface area contributed by atoms with E-state index in [1.807, 2.05) is 5.82 Å². The third kappa shape index (κ3) is 12.6. The Kier molecular flexibility index (Phi) is 17.6. The van der Waals surface area contributed by atoms with Crippen LogP contribution in [0.5, 0.6) is 0 Å². The fraction of sp³-hybridized carbons (Fsp3) is 0.692. The minimum absolute atomic E-state index is 0.0142. The second-order valence-corrected chi connectivity index (χ2v) is 8.49. The number of hydrogen-bond acceptors (Lipinski definition) is 8. The molecule has 3 unspecified atom stereocenters. The summed E-state index contributed by atoms with van der Waals surface area (Å²) >= 11 is 7.62. The molecule has 0 saturated carbocycles. The number of carboxylic acid groups (broad SMARTS) is 3. The molecule has 0 aromatic heterocycles. The Morgan fingerprint density at radius 2 is 1.59 bits per heavy atom. The number of hydrogen-bond donors (Lipinski definition) is 7. The summed E-state index contributed by atoms with van der Waals surface area (Å²) in [6.45, 7) is 0. The van der Waals surface area contributed by atoms with Gasteiger partial charge in [-0.1, -0.05) is 0 Å². The Bertz CT molecular complexity index is 503. The van der Waals surface area contributed by atoms with Gasteiger partial charge in [0.2, 0.25) is 0 Å². The van der Waals surface area contributed by atoms with E-state index >= 15 is 0 Å². The van der Waals surface area contributed by atoms with Gasteiger partial charge in [-0.25, -0.2) is 0 Å². The van der Waals surface area contributed by atoms with Gasteiger partial charge in [0, 0.05) is 0 Å². The Labute approximate surface area is 181 Å². The van der Waals surface area contributed by atoms with E-state index in [0.717, 1.165) is 0 Å². The summed E-state index contributed by atoms with van der Waals surface area (Å²) in [6.07, 6.45) is -0.0970. The Balaban J connectivity index is 0. The molecule has 0 aromatic rings. The van der Waals surface area contributed by atoms with Gasteiger partial charge in [-0.2, -0.15) is 0 Å². The zero-order valence-electron chi connectivity index (χ0n) is 14.8. The van der Waals surface area contributed by atoms with Crippen LogP contribution in [0.25, 0.3) is 0 Å². The fourth-order valence-electron chi connectivity index (χ4n) is 1.48. The molecular weight excluding hydrogens is 532 g/mol. The SMILES string of the molecule is C[Se]N(C(=O)CCC(N)C(=O)O)C(CS)C(=O)O.C[Se]NC(CS)C(=O)O. The first kappa shape index (κ1) is 28.7. The zero-order valence-corrected chi connectivity index (χ0v) is 20.0. The van der Waals surface area contributed by atoms with Gasteiger partial charge in [0.15, 0.2) is 0 Å². The van der Waals surface area contributed by atoms with E-state index in [1.54, 1.807) is 5.82 Å². The Hall–Kier alpha value is -0.461. The van der Waals surface area contributed by atoms with Gasteiger partial charge in [-0.15, -0.1) is 0 Å². The van der Waals surface area contributed by atoms with Crippen LogP contribution in [-0.2, 0) is 19.2 Å². The van der Waals surface area contributed by atoms with Crippen molar-refractivity contribution in [3.05, 3.63) is 0 Å². The molecule has 0 radical (unpaired) electrons. The third-order valence-corrected chi connectivity index (χ3v) is 6.50. The molecule has 0 aliphatic heterocycles. The molecule has 0 aliphatic carbocycles. The summed E-state index contributed by atoms with van der Waals surface area (Å²) in [5, 5.41) is 25.9. The van der Waals surface area contributed by atoms with Crippen LogP contribution in [-0.4, -0.2) is 103 Å². The molecule has 0 heterocycles. The van der Waals surface area contributed by atoms with E-state index in [4.69, 9.17) is 21.1 Å². The average molecular weight is 557 g/mol. The summed E-state index contributed by atoms with van der Waals surface area (Å²) in [7, 11) is 0. The van der Waals surface area contributed by atoms with Crippen LogP contribution in [0.4, 0.5) is 0 Å². The van der Waals surface area contributed by atoms with Gasteiger partial charge in [0.05, 0.1) is 0 Å². The molecule has 3 atom stereocenters. The number of nitrogens with two attached hydrogens (primary N) is 1. The van der Waals surface area contributed by atoms with Crippen molar-refractivity contribution in [1.29, 1.82) is 0 Å². The molecule has 6 N–H and O–H groups in total. The van der Waals surface area contributed by atoms with Crippen LogP contribution >= 0.6 is 25.3 Å². The van der Waals surface area contributed by atoms with Crippen molar-refractivity contribution < 1.29 is 34.5 Å². The second kappa shape index (κ2) is 16.5. The van der Waals surface area contributed by atoms with E-state index in [2.05, 4.69) is 29.6 Å². The molecule has 14 heteroatoms. The normalized spacial score (nSPS) is 13.5. The first-order valence-electron chi connectivity index (χ1n) is 7.37. The standard InChI is InChI=1S/C9H16N2O5SSe.C4H9NO2SSe/c1-18-11(6(4-17)9(15)16)7(12)3-2-5(10)8(13)14;1-9-5-3(2-8)4(6)7/h5-6,17H,2-4,10H2,1H3,(H,13,14)(H,15,16);3,5,8H,2H2,1H3,(H,6,7). The number of thiol groups is 2. The van der Waals surface area contributed by atoms with Crippen LogP contribution < -0.4 is 10.1 Å². The molecule has 10 nitrogen and oxygen atoms in total. The summed E-state index contributed by atoms with van der Waals surface area (Å²) < 4.78 is 4.04. The van der Waals surface area contributed by atoms with Gasteiger partial charge >= 0.3 is 182 Å². The Morgan fingerprint density at radius 1 is 1.04 bits per heavy atom. The topological polar surface area (TPSA) is 170 Å². The summed E-state index contributed by atoms with van der Waals surface area (Å²) in [5.74, 6) is 0.467. The number of aliphatic carboxylic acids is 3. The van der Waals surface area contributed by atoms with Crippen molar-refractivity contribution in [2.24, 2.45) is 5.73 Å². The van der Waals surface area contributed by atoms with Crippen molar-refractivity contribution in [3.8, 4) is 0 Å². The molecule has 27 heavy (non-hydrogen) atoms. The number of nitrogens with one attached hydrogen (secondary N) is 1. The molecule has 0 fully saturated rings. The average Bonchev–Trinajstić information content (AvgIpc) is 2.61. The van der Waals surface area contributed by atoms with Crippen LogP contribution in [0.2, 0.25) is 11.6 Å². The molecule has 0 rings (SSSR count). The number of amides is 1. The molecular formula is C13H25N3O7S2Se2. The minimum atomic E-state index is -1.18. The monoisotopic (exact) mass is 559 g/mol. The third-order valence-electron chi connectivity index (χ3n) is 2.91. The van der Waals surface area contributed by atoms with Gasteiger partial charge in [0.25, 0.3) is 0 Å². The van der Waals surface area contributed by atoms with E-state index in [9.17, 15) is 19.2 Å². The second-order valence-electron chi connectivity index (χ2n) is 4.82. The summed E-state index contributed by atoms with van der Waals surface area (Å²) in [5.41, 5.74) is 5.28. The molecule has 0 aliphatic rings. The van der Waals surface area contributed by atoms with Crippen LogP contribution in [0.3, 0.4) is 0 Å². The number of rotatable bonds is 12. The van der Waals surface area contributed by atoms with Gasteiger partial charge in [0.1, 0.15) is 0 Å². The summed E-state index contributed by atoms with van der Waals surface area (Å²) in [6, 6.07) is -2.57. The van der Waals surface area contributed by atoms with E-state index in [0.29, 0.717) is 5.75 Å². The van der Waals surface area contributed by atoms with Gasteiger partial charge in [-0.05, 0) is 0 Å². The maximum atomic E-state index is 11.8.